The van der Waals surface area contributed by atoms with Crippen LogP contribution in [0, 0.1) is 17.2 Å². The van der Waals surface area contributed by atoms with Gasteiger partial charge in [-0.05, 0) is 11.8 Å². The van der Waals surface area contributed by atoms with Crippen molar-refractivity contribution in [2.75, 3.05) is 6.54 Å². The summed E-state index contributed by atoms with van der Waals surface area (Å²) in [5.74, 6) is 0.968. The molecule has 2 nitrogen and oxygen atoms in total. The molecule has 0 aliphatic carbocycles. The molecule has 64 valence electrons. The number of nitrogens with zero attached hydrogens (tertiary/aromatic N) is 1. The van der Waals surface area contributed by atoms with Crippen molar-refractivity contribution in [3.8, 4) is 0 Å². The lowest BCUT2D eigenvalue weighted by atomic mass is 10.1. The predicted octanol–water partition coefficient (Wildman–Crippen LogP) is 2.39. The Bertz CT molecular complexity index is 146. The molecule has 0 aliphatic heterocycles. The summed E-state index contributed by atoms with van der Waals surface area (Å²) in [5, 5.41) is 7.08. The largest absolute Gasteiger partial charge is 0.307 e. The topological polar surface area (TPSA) is 36.2 Å². The fourth-order valence-corrected chi connectivity index (χ4v) is 0.683. The second-order valence-corrected chi connectivity index (χ2v) is 3.46. The average molecular weight is 154 g/mol. The molecule has 0 heterocycles. The van der Waals surface area contributed by atoms with Crippen LogP contribution in [0.4, 0.5) is 0 Å². The minimum absolute atomic E-state index is 0.381. The van der Waals surface area contributed by atoms with Gasteiger partial charge < -0.3 is 5.41 Å². The van der Waals surface area contributed by atoms with E-state index in [4.69, 9.17) is 5.41 Å². The second kappa shape index (κ2) is 5.05. The third-order valence-corrected chi connectivity index (χ3v) is 1.38. The van der Waals surface area contributed by atoms with Gasteiger partial charge in [0.25, 0.3) is 0 Å². The van der Waals surface area contributed by atoms with Gasteiger partial charge in [-0.2, -0.15) is 0 Å². The van der Waals surface area contributed by atoms with Crippen LogP contribution >= 0.6 is 0 Å². The molecule has 0 rings (SSSR count). The molecule has 0 saturated heterocycles. The van der Waals surface area contributed by atoms with Crippen molar-refractivity contribution >= 4 is 11.9 Å². The maximum Gasteiger partial charge on any atom is 0.0549 e. The Hall–Kier alpha value is -0.660. The summed E-state index contributed by atoms with van der Waals surface area (Å²) >= 11 is 0. The molecule has 0 saturated carbocycles. The highest BCUT2D eigenvalue weighted by Gasteiger charge is 2.00. The lowest BCUT2D eigenvalue weighted by molar-refractivity contribution is 0.662. The summed E-state index contributed by atoms with van der Waals surface area (Å²) in [6, 6.07) is 0. The average Bonchev–Trinajstić information content (AvgIpc) is 1.87. The third kappa shape index (κ3) is 4.71. The van der Waals surface area contributed by atoms with Crippen molar-refractivity contribution in [1.29, 1.82) is 5.41 Å². The summed E-state index contributed by atoms with van der Waals surface area (Å²) in [6.07, 6.45) is 1.35. The predicted molar refractivity (Wildman–Crippen MR) is 50.8 cm³/mol. The van der Waals surface area contributed by atoms with E-state index in [0.29, 0.717) is 11.8 Å². The van der Waals surface area contributed by atoms with E-state index in [1.165, 1.54) is 6.21 Å². The first-order chi connectivity index (χ1) is 5.07. The van der Waals surface area contributed by atoms with E-state index in [9.17, 15) is 0 Å². The molecular formula is C9H18N2. The smallest absolute Gasteiger partial charge is 0.0549 e. The van der Waals surface area contributed by atoms with Gasteiger partial charge in [0.1, 0.15) is 0 Å². The Kier molecular flexibility index (Phi) is 4.75. The first-order valence-electron chi connectivity index (χ1n) is 4.12. The van der Waals surface area contributed by atoms with Crippen LogP contribution < -0.4 is 0 Å². The Labute approximate surface area is 69.2 Å². The van der Waals surface area contributed by atoms with Crippen molar-refractivity contribution in [2.45, 2.75) is 27.7 Å². The quantitative estimate of drug-likeness (QED) is 0.604. The molecule has 2 heteroatoms. The molecule has 0 radical (unpaired) electrons. The van der Waals surface area contributed by atoms with E-state index in [1.807, 2.05) is 0 Å². The molecule has 11 heavy (non-hydrogen) atoms. The zero-order valence-electron chi connectivity index (χ0n) is 7.89. The normalized spacial score (nSPS) is 12.7. The molecule has 0 fully saturated rings. The van der Waals surface area contributed by atoms with Crippen LogP contribution in [0.2, 0.25) is 0 Å². The van der Waals surface area contributed by atoms with E-state index in [1.54, 1.807) is 0 Å². The first kappa shape index (κ1) is 10.3. The zero-order chi connectivity index (χ0) is 8.85. The van der Waals surface area contributed by atoms with Gasteiger partial charge in [-0.3, -0.25) is 4.99 Å². The number of nitrogens with one attached hydrogen (secondary N) is 1. The lowest BCUT2D eigenvalue weighted by Gasteiger charge is -2.05. The second-order valence-electron chi connectivity index (χ2n) is 3.46. The van der Waals surface area contributed by atoms with Crippen LogP contribution in [0.3, 0.4) is 0 Å². The molecule has 0 aromatic heterocycles. The molecule has 0 amide bonds. The van der Waals surface area contributed by atoms with Gasteiger partial charge in [0.15, 0.2) is 0 Å². The molecule has 0 aromatic carbocycles. The van der Waals surface area contributed by atoms with Gasteiger partial charge in [-0.25, -0.2) is 0 Å². The maximum absolute atomic E-state index is 7.08. The molecule has 0 aliphatic rings. The Morgan fingerprint density at radius 1 is 1.36 bits per heavy atom. The lowest BCUT2D eigenvalue weighted by Crippen LogP contribution is -2.10. The molecular weight excluding hydrogens is 136 g/mol. The number of rotatable bonds is 4. The van der Waals surface area contributed by atoms with Crippen LogP contribution in [0.5, 0.6) is 0 Å². The summed E-state index contributed by atoms with van der Waals surface area (Å²) in [7, 11) is 0. The Morgan fingerprint density at radius 2 is 1.91 bits per heavy atom. The van der Waals surface area contributed by atoms with Crippen LogP contribution in [-0.2, 0) is 0 Å². The van der Waals surface area contributed by atoms with Crippen LogP contribution in [0.25, 0.3) is 0 Å². The highest BCUT2D eigenvalue weighted by Crippen LogP contribution is 1.98. The molecule has 0 bridgehead atoms. The summed E-state index contributed by atoms with van der Waals surface area (Å²) in [6.45, 7) is 9.22. The monoisotopic (exact) mass is 154 g/mol. The van der Waals surface area contributed by atoms with E-state index in [-0.39, 0.29) is 0 Å². The van der Waals surface area contributed by atoms with Gasteiger partial charge in [0, 0.05) is 12.8 Å². The first-order valence-corrected chi connectivity index (χ1v) is 4.12. The van der Waals surface area contributed by atoms with Crippen molar-refractivity contribution in [1.82, 2.24) is 0 Å². The number of aliphatic imine (C=N–C) groups is 1. The van der Waals surface area contributed by atoms with Crippen molar-refractivity contribution < 1.29 is 0 Å². The van der Waals surface area contributed by atoms with Gasteiger partial charge in [-0.1, -0.05) is 27.7 Å². The molecule has 0 aromatic rings. The Balaban J connectivity index is 4.01. The number of hydrogen-bond donors (Lipinski definition) is 1. The van der Waals surface area contributed by atoms with Crippen LogP contribution in [-0.4, -0.2) is 18.5 Å². The maximum atomic E-state index is 7.08. The van der Waals surface area contributed by atoms with Gasteiger partial charge in [-0.15, -0.1) is 0 Å². The van der Waals surface area contributed by atoms with E-state index < -0.39 is 0 Å². The van der Waals surface area contributed by atoms with Crippen LogP contribution in [0.15, 0.2) is 4.99 Å². The molecule has 1 N–H and O–H groups in total. The minimum Gasteiger partial charge on any atom is -0.307 e. The van der Waals surface area contributed by atoms with Gasteiger partial charge in [0.05, 0.1) is 5.71 Å². The van der Waals surface area contributed by atoms with Gasteiger partial charge >= 0.3 is 0 Å². The van der Waals surface area contributed by atoms with Crippen molar-refractivity contribution in [3.05, 3.63) is 0 Å². The zero-order valence-corrected chi connectivity index (χ0v) is 7.89. The summed E-state index contributed by atoms with van der Waals surface area (Å²) in [5.41, 5.74) is 0.902. The third-order valence-electron chi connectivity index (χ3n) is 1.38. The van der Waals surface area contributed by atoms with Crippen LogP contribution in [0.1, 0.15) is 27.7 Å². The summed E-state index contributed by atoms with van der Waals surface area (Å²) < 4.78 is 0. The standard InChI is InChI=1S/C9H18N2/c1-7(2)6-11-9(5-10)8(3)4/h5,7-8,10H,6H2,1-4H3. The number of hydrogen-bond acceptors (Lipinski definition) is 2. The molecule has 0 unspecified atom stereocenters. The fraction of sp³-hybridized carbons (Fsp3) is 0.778. The summed E-state index contributed by atoms with van der Waals surface area (Å²) in [4.78, 5) is 4.31. The molecule has 0 atom stereocenters. The van der Waals surface area contributed by atoms with Gasteiger partial charge in [0.2, 0.25) is 0 Å². The Morgan fingerprint density at radius 3 is 2.18 bits per heavy atom. The highest BCUT2D eigenvalue weighted by molar-refractivity contribution is 6.30. The van der Waals surface area contributed by atoms with E-state index >= 15 is 0 Å². The SMILES string of the molecule is CC(C)CN=C(C=N)C(C)C. The minimum atomic E-state index is 0.381. The fourth-order valence-electron chi connectivity index (χ4n) is 0.683. The molecule has 0 spiro atoms. The van der Waals surface area contributed by atoms with Crippen molar-refractivity contribution in [2.24, 2.45) is 16.8 Å². The van der Waals surface area contributed by atoms with E-state index in [0.717, 1.165) is 12.3 Å². The van der Waals surface area contributed by atoms with Crippen molar-refractivity contribution in [3.63, 3.8) is 0 Å². The van der Waals surface area contributed by atoms with E-state index in [2.05, 4.69) is 32.7 Å². The highest BCUT2D eigenvalue weighted by atomic mass is 14.7.